The minimum absolute atomic E-state index is 0.240. The van der Waals surface area contributed by atoms with Crippen molar-refractivity contribution in [2.24, 2.45) is 0 Å². The average Bonchev–Trinajstić information content (AvgIpc) is 2.93. The first kappa shape index (κ1) is 18.4. The highest BCUT2D eigenvalue weighted by Gasteiger charge is 2.30. The Morgan fingerprint density at radius 2 is 1.73 bits per heavy atom. The van der Waals surface area contributed by atoms with E-state index in [2.05, 4.69) is 10.1 Å². The van der Waals surface area contributed by atoms with E-state index in [0.717, 1.165) is 29.2 Å². The van der Waals surface area contributed by atoms with Gasteiger partial charge in [0.25, 0.3) is 5.91 Å². The first-order valence-corrected chi connectivity index (χ1v) is 8.36. The lowest BCUT2D eigenvalue weighted by Gasteiger charge is -2.34. The van der Waals surface area contributed by atoms with Crippen LogP contribution in [-0.2, 0) is 12.7 Å². The van der Waals surface area contributed by atoms with E-state index in [0.29, 0.717) is 32.7 Å². The molecule has 140 valence electrons. The predicted molar refractivity (Wildman–Crippen MR) is 88.6 cm³/mol. The molecule has 1 aliphatic rings. The molecule has 5 nitrogen and oxygen atoms in total. The second kappa shape index (κ2) is 7.11. The number of aromatic nitrogens is 1. The summed E-state index contributed by atoms with van der Waals surface area (Å²) >= 11 is 0. The van der Waals surface area contributed by atoms with E-state index in [9.17, 15) is 18.0 Å². The van der Waals surface area contributed by atoms with Crippen LogP contribution in [0.1, 0.15) is 32.9 Å². The van der Waals surface area contributed by atoms with E-state index in [1.165, 1.54) is 12.1 Å². The van der Waals surface area contributed by atoms with Crippen LogP contribution in [0.3, 0.4) is 0 Å². The molecule has 3 rings (SSSR count). The lowest BCUT2D eigenvalue weighted by atomic mass is 10.1. The molecule has 0 spiro atoms. The molecule has 2 aromatic rings. The van der Waals surface area contributed by atoms with Crippen molar-refractivity contribution >= 4 is 5.91 Å². The Hall–Kier alpha value is -2.35. The Balaban J connectivity index is 1.58. The molecule has 1 aromatic heterocycles. The van der Waals surface area contributed by atoms with Gasteiger partial charge in [-0.2, -0.15) is 13.2 Å². The number of alkyl halides is 3. The highest BCUT2D eigenvalue weighted by Crippen LogP contribution is 2.29. The number of nitrogens with zero attached hydrogens (tertiary/aromatic N) is 3. The molecule has 1 saturated heterocycles. The molecule has 0 aliphatic carbocycles. The zero-order valence-electron chi connectivity index (χ0n) is 14.6. The summed E-state index contributed by atoms with van der Waals surface area (Å²) in [5.41, 5.74) is 1.45. The summed E-state index contributed by atoms with van der Waals surface area (Å²) in [5, 5.41) is 3.94. The zero-order valence-corrected chi connectivity index (χ0v) is 14.6. The lowest BCUT2D eigenvalue weighted by molar-refractivity contribution is -0.137. The second-order valence-corrected chi connectivity index (χ2v) is 6.45. The highest BCUT2D eigenvalue weighted by atomic mass is 19.4. The molecule has 0 radical (unpaired) electrons. The lowest BCUT2D eigenvalue weighted by Crippen LogP contribution is -2.48. The van der Waals surface area contributed by atoms with Crippen molar-refractivity contribution in [2.75, 3.05) is 26.2 Å². The van der Waals surface area contributed by atoms with Crippen LogP contribution in [0.2, 0.25) is 0 Å². The molecular weight excluding hydrogens is 347 g/mol. The van der Waals surface area contributed by atoms with Crippen molar-refractivity contribution in [3.63, 3.8) is 0 Å². The van der Waals surface area contributed by atoms with Crippen LogP contribution < -0.4 is 0 Å². The number of piperazine rings is 1. The van der Waals surface area contributed by atoms with Crippen LogP contribution in [-0.4, -0.2) is 47.0 Å². The SMILES string of the molecule is Cc1noc(C)c1CN1CCN(C(=O)c2ccc(C(F)(F)F)cc2)CC1. The van der Waals surface area contributed by atoms with Crippen LogP contribution in [0.5, 0.6) is 0 Å². The maximum Gasteiger partial charge on any atom is 0.416 e. The van der Waals surface area contributed by atoms with Gasteiger partial charge in [0.2, 0.25) is 0 Å². The average molecular weight is 367 g/mol. The summed E-state index contributed by atoms with van der Waals surface area (Å²) in [6.07, 6.45) is -4.40. The van der Waals surface area contributed by atoms with Crippen LogP contribution in [0, 0.1) is 13.8 Å². The third kappa shape index (κ3) is 3.90. The normalized spacial score (nSPS) is 16.1. The monoisotopic (exact) mass is 367 g/mol. The van der Waals surface area contributed by atoms with E-state index in [4.69, 9.17) is 4.52 Å². The van der Waals surface area contributed by atoms with Crippen LogP contribution in [0.25, 0.3) is 0 Å². The maximum atomic E-state index is 12.6. The Labute approximate surface area is 149 Å². The zero-order chi connectivity index (χ0) is 18.9. The molecule has 1 amide bonds. The highest BCUT2D eigenvalue weighted by molar-refractivity contribution is 5.94. The molecule has 0 unspecified atom stereocenters. The molecule has 0 bridgehead atoms. The topological polar surface area (TPSA) is 49.6 Å². The van der Waals surface area contributed by atoms with Crippen LogP contribution >= 0.6 is 0 Å². The Kier molecular flexibility index (Phi) is 5.04. The van der Waals surface area contributed by atoms with Crippen molar-refractivity contribution in [3.05, 3.63) is 52.4 Å². The number of carbonyl (C=O) groups excluding carboxylic acids is 1. The van der Waals surface area contributed by atoms with Crippen molar-refractivity contribution in [1.82, 2.24) is 15.0 Å². The largest absolute Gasteiger partial charge is 0.416 e. The fourth-order valence-corrected chi connectivity index (χ4v) is 3.04. The van der Waals surface area contributed by atoms with Gasteiger partial charge in [-0.25, -0.2) is 0 Å². The molecular formula is C18H20F3N3O2. The summed E-state index contributed by atoms with van der Waals surface area (Å²) < 4.78 is 43.0. The molecule has 1 aliphatic heterocycles. The number of aryl methyl sites for hydroxylation is 2. The quantitative estimate of drug-likeness (QED) is 0.836. The predicted octanol–water partition coefficient (Wildman–Crippen LogP) is 3.27. The number of halogens is 3. The summed E-state index contributed by atoms with van der Waals surface area (Å²) in [4.78, 5) is 16.4. The summed E-state index contributed by atoms with van der Waals surface area (Å²) in [6.45, 7) is 6.93. The Morgan fingerprint density at radius 3 is 2.23 bits per heavy atom. The van der Waals surface area contributed by atoms with Crippen molar-refractivity contribution in [2.45, 2.75) is 26.6 Å². The molecule has 0 atom stereocenters. The van der Waals surface area contributed by atoms with Gasteiger partial charge < -0.3 is 9.42 Å². The minimum Gasteiger partial charge on any atom is -0.361 e. The van der Waals surface area contributed by atoms with Crippen molar-refractivity contribution in [1.29, 1.82) is 0 Å². The summed E-state index contributed by atoms with van der Waals surface area (Å²) in [6, 6.07) is 4.37. The van der Waals surface area contributed by atoms with Crippen molar-refractivity contribution < 1.29 is 22.5 Å². The third-order valence-corrected chi connectivity index (χ3v) is 4.68. The summed E-state index contributed by atoms with van der Waals surface area (Å²) in [7, 11) is 0. The van der Waals surface area contributed by atoms with E-state index in [1.54, 1.807) is 4.90 Å². The molecule has 1 aromatic carbocycles. The molecule has 0 N–H and O–H groups in total. The maximum absolute atomic E-state index is 12.6. The Morgan fingerprint density at radius 1 is 1.12 bits per heavy atom. The fraction of sp³-hybridized carbons (Fsp3) is 0.444. The number of carbonyl (C=O) groups is 1. The molecule has 1 fully saturated rings. The van der Waals surface area contributed by atoms with E-state index in [1.807, 2.05) is 13.8 Å². The summed E-state index contributed by atoms with van der Waals surface area (Å²) in [5.74, 6) is 0.557. The number of rotatable bonds is 3. The van der Waals surface area contributed by atoms with E-state index in [-0.39, 0.29) is 11.5 Å². The van der Waals surface area contributed by atoms with Gasteiger partial charge in [0.15, 0.2) is 0 Å². The van der Waals surface area contributed by atoms with Gasteiger partial charge in [-0.3, -0.25) is 9.69 Å². The van der Waals surface area contributed by atoms with Crippen LogP contribution in [0.4, 0.5) is 13.2 Å². The van der Waals surface area contributed by atoms with E-state index < -0.39 is 11.7 Å². The number of hydrogen-bond acceptors (Lipinski definition) is 4. The van der Waals surface area contributed by atoms with Crippen molar-refractivity contribution in [3.8, 4) is 0 Å². The van der Waals surface area contributed by atoms with Gasteiger partial charge >= 0.3 is 6.18 Å². The minimum atomic E-state index is -4.40. The second-order valence-electron chi connectivity index (χ2n) is 6.45. The van der Waals surface area contributed by atoms with Gasteiger partial charge in [-0.05, 0) is 38.1 Å². The Bertz CT molecular complexity index is 756. The smallest absolute Gasteiger partial charge is 0.361 e. The molecule has 0 saturated carbocycles. The van der Waals surface area contributed by atoms with Crippen LogP contribution in [0.15, 0.2) is 28.8 Å². The fourth-order valence-electron chi connectivity index (χ4n) is 3.04. The molecule has 8 heteroatoms. The molecule has 2 heterocycles. The van der Waals surface area contributed by atoms with E-state index >= 15 is 0 Å². The van der Waals surface area contributed by atoms with Gasteiger partial charge in [-0.15, -0.1) is 0 Å². The number of hydrogen-bond donors (Lipinski definition) is 0. The number of benzene rings is 1. The first-order valence-electron chi connectivity index (χ1n) is 8.36. The van der Waals surface area contributed by atoms with Gasteiger partial charge in [0, 0.05) is 43.9 Å². The third-order valence-electron chi connectivity index (χ3n) is 4.68. The number of amides is 1. The molecule has 26 heavy (non-hydrogen) atoms. The first-order chi connectivity index (χ1) is 12.3. The van der Waals surface area contributed by atoms with Gasteiger partial charge in [0.05, 0.1) is 11.3 Å². The standard InChI is InChI=1S/C18H20F3N3O2/c1-12-16(13(2)26-22-12)11-23-7-9-24(10-8-23)17(25)14-3-5-15(6-4-14)18(19,20)21/h3-6H,7-11H2,1-2H3. The van der Waals surface area contributed by atoms with Gasteiger partial charge in [0.1, 0.15) is 5.76 Å². The van der Waals surface area contributed by atoms with Gasteiger partial charge in [-0.1, -0.05) is 5.16 Å².